The molecule has 0 unspecified atom stereocenters. The van der Waals surface area contributed by atoms with Crippen LogP contribution in [-0.2, 0) is 4.74 Å². The van der Waals surface area contributed by atoms with Crippen LogP contribution in [0.2, 0.25) is 0 Å². The molecule has 0 bridgehead atoms. The van der Waals surface area contributed by atoms with Crippen LogP contribution >= 0.6 is 0 Å². The molecule has 0 aliphatic heterocycles. The molecule has 0 atom stereocenters. The molecule has 88 valence electrons. The predicted octanol–water partition coefficient (Wildman–Crippen LogP) is 0.394. The Balaban J connectivity index is 2.28. The van der Waals surface area contributed by atoms with E-state index >= 15 is 0 Å². The van der Waals surface area contributed by atoms with E-state index in [2.05, 4.69) is 15.5 Å². The van der Waals surface area contributed by atoms with E-state index < -0.39 is 0 Å². The number of hydrogen-bond acceptors (Lipinski definition) is 4. The normalized spacial score (nSPS) is 10.6. The Kier molecular flexibility index (Phi) is 3.44. The van der Waals surface area contributed by atoms with Crippen molar-refractivity contribution in [3.05, 3.63) is 23.9 Å². The van der Waals surface area contributed by atoms with Crippen molar-refractivity contribution in [1.29, 1.82) is 0 Å². The Morgan fingerprint density at radius 2 is 2.41 bits per heavy atom. The van der Waals surface area contributed by atoms with Crippen molar-refractivity contribution >= 4 is 30.1 Å². The number of nitrogens with zero attached hydrogens (tertiary/aromatic N) is 1. The molecule has 1 aromatic heterocycles. The first kappa shape index (κ1) is 11.7. The summed E-state index contributed by atoms with van der Waals surface area (Å²) in [4.78, 5) is 11.4. The lowest BCUT2D eigenvalue weighted by atomic mass is 9.97. The maximum Gasteiger partial charge on any atom is 0.195 e. The highest BCUT2D eigenvalue weighted by atomic mass is 16.5. The van der Waals surface area contributed by atoms with Gasteiger partial charge in [0.2, 0.25) is 0 Å². The number of benzene rings is 1. The lowest BCUT2D eigenvalue weighted by Gasteiger charge is -2.05. The monoisotopic (exact) mass is 231 g/mol. The largest absolute Gasteiger partial charge is 0.383 e. The third-order valence-electron chi connectivity index (χ3n) is 2.53. The lowest BCUT2D eigenvalue weighted by Crippen LogP contribution is -2.07. The summed E-state index contributed by atoms with van der Waals surface area (Å²) in [7, 11) is 3.18. The molecule has 0 radical (unpaired) electrons. The van der Waals surface area contributed by atoms with Crippen LogP contribution in [-0.4, -0.2) is 44.0 Å². The van der Waals surface area contributed by atoms with E-state index in [1.807, 2.05) is 18.2 Å². The first-order chi connectivity index (χ1) is 8.22. The topological polar surface area (TPSA) is 67.0 Å². The molecule has 2 N–H and O–H groups in total. The summed E-state index contributed by atoms with van der Waals surface area (Å²) in [5, 5.41) is 10.9. The molecular weight excluding hydrogens is 217 g/mol. The Morgan fingerprint density at radius 3 is 3.12 bits per heavy atom. The second kappa shape index (κ2) is 5.01. The molecular formula is C11H14BN3O2. The minimum atomic E-state index is -0.0368. The number of H-pyrrole nitrogens is 1. The van der Waals surface area contributed by atoms with Gasteiger partial charge in [-0.25, -0.2) is 0 Å². The number of anilines is 1. The first-order valence-electron chi connectivity index (χ1n) is 5.44. The number of ether oxygens (including phenoxy) is 1. The quantitative estimate of drug-likeness (QED) is 0.577. The van der Waals surface area contributed by atoms with Gasteiger partial charge in [-0.3, -0.25) is 5.10 Å². The van der Waals surface area contributed by atoms with E-state index in [1.54, 1.807) is 7.11 Å². The summed E-state index contributed by atoms with van der Waals surface area (Å²) >= 11 is 0. The van der Waals surface area contributed by atoms with Crippen LogP contribution in [0.15, 0.2) is 18.2 Å². The maximum atomic E-state index is 11.4. The zero-order valence-corrected chi connectivity index (χ0v) is 9.91. The van der Waals surface area contributed by atoms with Gasteiger partial charge in [0.25, 0.3) is 0 Å². The molecule has 0 saturated carbocycles. The summed E-state index contributed by atoms with van der Waals surface area (Å²) in [6, 6.07) is 5.77. The van der Waals surface area contributed by atoms with E-state index in [0.29, 0.717) is 12.3 Å². The molecule has 5 nitrogen and oxygen atoms in total. The number of aromatic amines is 1. The van der Waals surface area contributed by atoms with Crippen LogP contribution in [0, 0.1) is 0 Å². The number of methoxy groups -OCH3 is 1. The number of carbonyl (C=O) groups is 1. The Morgan fingerprint density at radius 1 is 1.59 bits per heavy atom. The minimum Gasteiger partial charge on any atom is -0.383 e. The molecule has 0 aliphatic rings. The van der Waals surface area contributed by atoms with Gasteiger partial charge in [0.15, 0.2) is 7.85 Å². The van der Waals surface area contributed by atoms with Crippen molar-refractivity contribution < 1.29 is 9.53 Å². The highest BCUT2D eigenvalue weighted by molar-refractivity contribution is 6.63. The zero-order chi connectivity index (χ0) is 12.3. The van der Waals surface area contributed by atoms with E-state index in [1.165, 1.54) is 7.85 Å². The van der Waals surface area contributed by atoms with Crippen LogP contribution in [0.25, 0.3) is 10.9 Å². The van der Waals surface area contributed by atoms with Gasteiger partial charge in [-0.05, 0) is 18.2 Å². The van der Waals surface area contributed by atoms with Gasteiger partial charge in [0.1, 0.15) is 11.4 Å². The third-order valence-corrected chi connectivity index (χ3v) is 2.53. The maximum absolute atomic E-state index is 11.4. The molecule has 2 aromatic rings. The number of carbonyl (C=O) groups excluding carboxylic acids is 1. The summed E-state index contributed by atoms with van der Waals surface area (Å²) < 4.78 is 4.96. The van der Waals surface area contributed by atoms with Crippen molar-refractivity contribution in [1.82, 2.24) is 10.2 Å². The number of hydrogen-bond donors (Lipinski definition) is 2. The summed E-state index contributed by atoms with van der Waals surface area (Å²) in [5.74, 6) is 0. The fourth-order valence-corrected chi connectivity index (χ4v) is 1.69. The highest BCUT2D eigenvalue weighted by Crippen LogP contribution is 2.20. The molecule has 2 rings (SSSR count). The number of rotatable bonds is 5. The standard InChI is InChI=1S/C11H14BN3O2/c1-17-5-4-13-7-2-3-9-8(6-7)10(11(12)16)15-14-9/h2-3,6,13H,4-5,12H2,1H3,(H,14,15). The van der Waals surface area contributed by atoms with Crippen LogP contribution in [0.5, 0.6) is 0 Å². The molecule has 17 heavy (non-hydrogen) atoms. The van der Waals surface area contributed by atoms with E-state index in [-0.39, 0.29) is 5.68 Å². The molecule has 1 heterocycles. The molecule has 0 spiro atoms. The van der Waals surface area contributed by atoms with E-state index in [0.717, 1.165) is 23.1 Å². The van der Waals surface area contributed by atoms with Crippen LogP contribution in [0.1, 0.15) is 10.5 Å². The van der Waals surface area contributed by atoms with Crippen molar-refractivity contribution in [3.8, 4) is 0 Å². The average Bonchev–Trinajstić information content (AvgIpc) is 2.72. The molecule has 0 fully saturated rings. The molecule has 0 amide bonds. The lowest BCUT2D eigenvalue weighted by molar-refractivity contribution is 0.107. The van der Waals surface area contributed by atoms with Gasteiger partial charge in [-0.15, -0.1) is 0 Å². The fraction of sp³-hybridized carbons (Fsp3) is 0.273. The molecule has 1 aromatic carbocycles. The Hall–Kier alpha value is -1.82. The van der Waals surface area contributed by atoms with Crippen LogP contribution in [0.3, 0.4) is 0 Å². The van der Waals surface area contributed by atoms with Gasteiger partial charge in [-0.1, -0.05) is 0 Å². The fourth-order valence-electron chi connectivity index (χ4n) is 1.69. The van der Waals surface area contributed by atoms with Gasteiger partial charge in [-0.2, -0.15) is 5.10 Å². The number of aromatic nitrogens is 2. The smallest absolute Gasteiger partial charge is 0.195 e. The first-order valence-corrected chi connectivity index (χ1v) is 5.44. The predicted molar refractivity (Wildman–Crippen MR) is 69.3 cm³/mol. The van der Waals surface area contributed by atoms with Crippen molar-refractivity contribution in [3.63, 3.8) is 0 Å². The molecule has 0 aliphatic carbocycles. The van der Waals surface area contributed by atoms with Gasteiger partial charge < -0.3 is 14.8 Å². The Bertz CT molecular complexity index is 538. The van der Waals surface area contributed by atoms with Gasteiger partial charge in [0.05, 0.1) is 12.1 Å². The van der Waals surface area contributed by atoms with Crippen LogP contribution in [0.4, 0.5) is 5.69 Å². The second-order valence-corrected chi connectivity index (χ2v) is 3.81. The highest BCUT2D eigenvalue weighted by Gasteiger charge is 2.09. The summed E-state index contributed by atoms with van der Waals surface area (Å²) in [6.07, 6.45) is 0. The van der Waals surface area contributed by atoms with Gasteiger partial charge in [0, 0.05) is 24.7 Å². The SMILES string of the molecule is BC(=O)c1n[nH]c2ccc(NCCOC)cc12. The average molecular weight is 231 g/mol. The van der Waals surface area contributed by atoms with Crippen molar-refractivity contribution in [2.45, 2.75) is 0 Å². The Labute approximate surface area is 99.9 Å². The van der Waals surface area contributed by atoms with Gasteiger partial charge >= 0.3 is 0 Å². The third kappa shape index (κ3) is 2.47. The molecule has 6 heteroatoms. The van der Waals surface area contributed by atoms with Crippen LogP contribution < -0.4 is 5.32 Å². The number of fused-ring (bicyclic) bond motifs is 1. The van der Waals surface area contributed by atoms with E-state index in [4.69, 9.17) is 4.74 Å². The minimum absolute atomic E-state index is 0.0368. The van der Waals surface area contributed by atoms with E-state index in [9.17, 15) is 4.79 Å². The second-order valence-electron chi connectivity index (χ2n) is 3.81. The number of nitrogens with one attached hydrogen (secondary N) is 2. The zero-order valence-electron chi connectivity index (χ0n) is 9.91. The summed E-state index contributed by atoms with van der Waals surface area (Å²) in [6.45, 7) is 1.37. The van der Waals surface area contributed by atoms with Crippen molar-refractivity contribution in [2.75, 3.05) is 25.6 Å². The summed E-state index contributed by atoms with van der Waals surface area (Å²) in [5.41, 5.74) is 2.27. The molecule has 0 saturated heterocycles. The van der Waals surface area contributed by atoms with Crippen molar-refractivity contribution in [2.24, 2.45) is 0 Å².